The van der Waals surface area contributed by atoms with Crippen LogP contribution in [-0.4, -0.2) is 11.8 Å². The first kappa shape index (κ1) is 23.7. The molecule has 1 aliphatic rings. The monoisotopic (exact) mass is 512 g/mol. The zero-order chi connectivity index (χ0) is 25.1. The summed E-state index contributed by atoms with van der Waals surface area (Å²) in [5.41, 5.74) is 2.46. The van der Waals surface area contributed by atoms with Crippen LogP contribution in [0.25, 0.3) is 0 Å². The standard InChI is InChI=1S/C29H21ClN2O3S/c1-19-6-5-7-21(18-19)31-26-27(36-25-16-10-20(30)11-17-25)29(34)32(28(26)33)22-12-14-24(15-13-22)35-23-8-3-2-4-9-23/h2-18,31H,1H3. The molecule has 0 unspecified atom stereocenters. The predicted octanol–water partition coefficient (Wildman–Crippen LogP) is 7.43. The maximum absolute atomic E-state index is 13.6. The van der Waals surface area contributed by atoms with Gasteiger partial charge >= 0.3 is 0 Å². The Balaban J connectivity index is 1.45. The number of anilines is 2. The number of nitrogens with one attached hydrogen (secondary N) is 1. The lowest BCUT2D eigenvalue weighted by Crippen LogP contribution is -2.32. The molecule has 0 atom stereocenters. The van der Waals surface area contributed by atoms with Gasteiger partial charge in [0.2, 0.25) is 0 Å². The summed E-state index contributed by atoms with van der Waals surface area (Å²) >= 11 is 7.25. The quantitative estimate of drug-likeness (QED) is 0.261. The summed E-state index contributed by atoms with van der Waals surface area (Å²) in [6.45, 7) is 1.97. The zero-order valence-electron chi connectivity index (χ0n) is 19.3. The number of rotatable bonds is 7. The number of carbonyl (C=O) groups is 2. The molecule has 0 saturated heterocycles. The normalized spacial score (nSPS) is 13.3. The Bertz CT molecular complexity index is 1450. The third kappa shape index (κ3) is 5.15. The Morgan fingerprint density at radius 1 is 0.778 bits per heavy atom. The molecule has 178 valence electrons. The molecule has 4 aromatic rings. The fourth-order valence-corrected chi connectivity index (χ4v) is 4.78. The summed E-state index contributed by atoms with van der Waals surface area (Å²) in [5, 5.41) is 3.78. The number of thioether (sulfide) groups is 1. The zero-order valence-corrected chi connectivity index (χ0v) is 20.8. The second kappa shape index (κ2) is 10.3. The predicted molar refractivity (Wildman–Crippen MR) is 145 cm³/mol. The maximum Gasteiger partial charge on any atom is 0.283 e. The van der Waals surface area contributed by atoms with Crippen molar-refractivity contribution in [2.75, 3.05) is 10.2 Å². The lowest BCUT2D eigenvalue weighted by atomic mass is 10.2. The molecule has 5 nitrogen and oxygen atoms in total. The van der Waals surface area contributed by atoms with Crippen LogP contribution in [0.4, 0.5) is 11.4 Å². The van der Waals surface area contributed by atoms with E-state index in [4.69, 9.17) is 16.3 Å². The molecular weight excluding hydrogens is 492 g/mol. The van der Waals surface area contributed by atoms with Gasteiger partial charge in [-0.3, -0.25) is 9.59 Å². The summed E-state index contributed by atoms with van der Waals surface area (Å²) in [5.74, 6) is 0.485. The number of amides is 2. The van der Waals surface area contributed by atoms with Crippen LogP contribution in [0.1, 0.15) is 5.56 Å². The number of nitrogens with zero attached hydrogens (tertiary/aromatic N) is 1. The Hall–Kier alpha value is -4.00. The van der Waals surface area contributed by atoms with E-state index in [-0.39, 0.29) is 5.70 Å². The van der Waals surface area contributed by atoms with E-state index in [0.29, 0.717) is 27.1 Å². The van der Waals surface area contributed by atoms with Crippen molar-refractivity contribution in [3.63, 3.8) is 0 Å². The van der Waals surface area contributed by atoms with Crippen LogP contribution in [0.2, 0.25) is 5.02 Å². The molecule has 1 N–H and O–H groups in total. The van der Waals surface area contributed by atoms with Crippen molar-refractivity contribution in [2.24, 2.45) is 0 Å². The molecule has 5 rings (SSSR count). The van der Waals surface area contributed by atoms with Crippen molar-refractivity contribution >= 4 is 46.6 Å². The highest BCUT2D eigenvalue weighted by Crippen LogP contribution is 2.38. The van der Waals surface area contributed by atoms with E-state index in [0.717, 1.165) is 16.1 Å². The Morgan fingerprint density at radius 3 is 2.17 bits per heavy atom. The van der Waals surface area contributed by atoms with Crippen LogP contribution in [0, 0.1) is 6.92 Å². The summed E-state index contributed by atoms with van der Waals surface area (Å²) in [6.07, 6.45) is 0. The van der Waals surface area contributed by atoms with Gasteiger partial charge in [-0.15, -0.1) is 0 Å². The largest absolute Gasteiger partial charge is 0.457 e. The van der Waals surface area contributed by atoms with Crippen LogP contribution in [0.3, 0.4) is 0 Å². The van der Waals surface area contributed by atoms with Crippen LogP contribution in [0.5, 0.6) is 11.5 Å². The van der Waals surface area contributed by atoms with Crippen LogP contribution < -0.4 is 15.0 Å². The third-order valence-electron chi connectivity index (χ3n) is 5.44. The van der Waals surface area contributed by atoms with E-state index >= 15 is 0 Å². The second-order valence-corrected chi connectivity index (χ2v) is 9.63. The number of aryl methyl sites for hydroxylation is 1. The number of imide groups is 1. The minimum atomic E-state index is -0.422. The SMILES string of the molecule is Cc1cccc(NC2=C(Sc3ccc(Cl)cc3)C(=O)N(c3ccc(Oc4ccccc4)cc3)C2=O)c1. The first-order valence-electron chi connectivity index (χ1n) is 11.2. The maximum atomic E-state index is 13.6. The second-order valence-electron chi connectivity index (χ2n) is 8.11. The summed E-state index contributed by atoms with van der Waals surface area (Å²) in [7, 11) is 0. The van der Waals surface area contributed by atoms with Crippen molar-refractivity contribution in [2.45, 2.75) is 11.8 Å². The lowest BCUT2D eigenvalue weighted by molar-refractivity contribution is -0.120. The highest BCUT2D eigenvalue weighted by atomic mass is 35.5. The van der Waals surface area contributed by atoms with Gasteiger partial charge in [-0.05, 0) is 85.3 Å². The molecule has 0 saturated carbocycles. The fourth-order valence-electron chi connectivity index (χ4n) is 3.72. The molecule has 2 amide bonds. The van der Waals surface area contributed by atoms with Gasteiger partial charge < -0.3 is 10.1 Å². The lowest BCUT2D eigenvalue weighted by Gasteiger charge is -2.16. The van der Waals surface area contributed by atoms with Crippen molar-refractivity contribution in [1.29, 1.82) is 0 Å². The first-order chi connectivity index (χ1) is 17.5. The third-order valence-corrected chi connectivity index (χ3v) is 6.78. The van der Waals surface area contributed by atoms with Crippen molar-refractivity contribution in [3.8, 4) is 11.5 Å². The molecule has 36 heavy (non-hydrogen) atoms. The van der Waals surface area contributed by atoms with Gasteiger partial charge in [0.15, 0.2) is 0 Å². The summed E-state index contributed by atoms with van der Waals surface area (Å²) < 4.78 is 5.84. The number of carbonyl (C=O) groups excluding carboxylic acids is 2. The van der Waals surface area contributed by atoms with Gasteiger partial charge in [0.1, 0.15) is 22.1 Å². The number of halogens is 1. The molecule has 0 aromatic heterocycles. The Labute approximate surface area is 218 Å². The minimum absolute atomic E-state index is 0.232. The molecule has 7 heteroatoms. The molecule has 0 radical (unpaired) electrons. The van der Waals surface area contributed by atoms with E-state index in [1.54, 1.807) is 36.4 Å². The van der Waals surface area contributed by atoms with Gasteiger partial charge in [0.25, 0.3) is 11.8 Å². The molecule has 0 spiro atoms. The highest BCUT2D eigenvalue weighted by Gasteiger charge is 2.40. The van der Waals surface area contributed by atoms with Crippen LogP contribution >= 0.6 is 23.4 Å². The average molecular weight is 513 g/mol. The molecule has 1 heterocycles. The van der Waals surface area contributed by atoms with Crippen molar-refractivity contribution < 1.29 is 14.3 Å². The van der Waals surface area contributed by atoms with Gasteiger partial charge in [0.05, 0.1) is 5.69 Å². The Kier molecular flexibility index (Phi) is 6.80. The van der Waals surface area contributed by atoms with Crippen molar-refractivity contribution in [1.82, 2.24) is 0 Å². The van der Waals surface area contributed by atoms with Gasteiger partial charge in [-0.1, -0.05) is 53.7 Å². The number of para-hydroxylation sites is 1. The molecule has 0 bridgehead atoms. The molecule has 0 fully saturated rings. The first-order valence-corrected chi connectivity index (χ1v) is 12.4. The molecular formula is C29H21ClN2O3S. The van der Waals surface area contributed by atoms with E-state index in [2.05, 4.69) is 5.32 Å². The van der Waals surface area contributed by atoms with Gasteiger partial charge in [0, 0.05) is 15.6 Å². The smallest absolute Gasteiger partial charge is 0.283 e. The topological polar surface area (TPSA) is 58.6 Å². The van der Waals surface area contributed by atoms with E-state index < -0.39 is 11.8 Å². The molecule has 4 aromatic carbocycles. The van der Waals surface area contributed by atoms with E-state index in [1.165, 1.54) is 16.7 Å². The van der Waals surface area contributed by atoms with Crippen molar-refractivity contribution in [3.05, 3.63) is 124 Å². The number of hydrogen-bond donors (Lipinski definition) is 1. The van der Waals surface area contributed by atoms with Gasteiger partial charge in [-0.25, -0.2) is 4.90 Å². The van der Waals surface area contributed by atoms with Crippen LogP contribution in [-0.2, 0) is 9.59 Å². The van der Waals surface area contributed by atoms with Gasteiger partial charge in [-0.2, -0.15) is 0 Å². The fraction of sp³-hybridized carbons (Fsp3) is 0.0345. The van der Waals surface area contributed by atoms with E-state index in [1.807, 2.05) is 73.7 Å². The Morgan fingerprint density at radius 2 is 1.47 bits per heavy atom. The molecule has 0 aliphatic carbocycles. The summed E-state index contributed by atoms with van der Waals surface area (Å²) in [4.78, 5) is 29.4. The van der Waals surface area contributed by atoms with E-state index in [9.17, 15) is 9.59 Å². The average Bonchev–Trinajstić information content (AvgIpc) is 3.10. The number of ether oxygens (including phenoxy) is 1. The number of hydrogen-bond acceptors (Lipinski definition) is 5. The number of benzene rings is 4. The minimum Gasteiger partial charge on any atom is -0.457 e. The summed E-state index contributed by atoms with van der Waals surface area (Å²) in [6, 6.07) is 31.1. The highest BCUT2D eigenvalue weighted by molar-refractivity contribution is 8.04. The molecule has 1 aliphatic heterocycles. The van der Waals surface area contributed by atoms with Crippen LogP contribution in [0.15, 0.2) is 119 Å².